The van der Waals surface area contributed by atoms with Crippen LogP contribution in [0.5, 0.6) is 5.75 Å². The topological polar surface area (TPSA) is 64.4 Å². The SMILES string of the molecule is CCC1(C)C(NC)CC1Oc1c(Br)cc([N+](=O)[O-])cc1Br. The molecule has 0 radical (unpaired) electrons. The van der Waals surface area contributed by atoms with Crippen LogP contribution in [0, 0.1) is 15.5 Å². The molecular weight excluding hydrogens is 404 g/mol. The molecule has 116 valence electrons. The monoisotopic (exact) mass is 420 g/mol. The predicted molar refractivity (Wildman–Crippen MR) is 88.8 cm³/mol. The highest BCUT2D eigenvalue weighted by molar-refractivity contribution is 9.11. The van der Waals surface area contributed by atoms with Crippen molar-refractivity contribution in [2.24, 2.45) is 5.41 Å². The van der Waals surface area contributed by atoms with Crippen molar-refractivity contribution < 1.29 is 9.66 Å². The lowest BCUT2D eigenvalue weighted by Crippen LogP contribution is -2.62. The molecule has 1 N–H and O–H groups in total. The number of nitrogens with one attached hydrogen (secondary N) is 1. The summed E-state index contributed by atoms with van der Waals surface area (Å²) in [6, 6.07) is 3.37. The van der Waals surface area contributed by atoms with Gasteiger partial charge in [-0.2, -0.15) is 0 Å². The van der Waals surface area contributed by atoms with E-state index >= 15 is 0 Å². The van der Waals surface area contributed by atoms with Crippen molar-refractivity contribution in [3.63, 3.8) is 0 Å². The Hall–Kier alpha value is -0.660. The third kappa shape index (κ3) is 2.96. The molecule has 3 atom stereocenters. The van der Waals surface area contributed by atoms with Gasteiger partial charge in [0.25, 0.3) is 5.69 Å². The molecule has 1 aliphatic carbocycles. The molecule has 1 aromatic rings. The third-order valence-electron chi connectivity index (χ3n) is 4.55. The van der Waals surface area contributed by atoms with Gasteiger partial charge in [0.2, 0.25) is 0 Å². The number of non-ortho nitro benzene ring substituents is 1. The fourth-order valence-corrected chi connectivity index (χ4v) is 4.18. The van der Waals surface area contributed by atoms with E-state index in [2.05, 4.69) is 51.0 Å². The average molecular weight is 422 g/mol. The van der Waals surface area contributed by atoms with E-state index in [4.69, 9.17) is 4.74 Å². The molecule has 5 nitrogen and oxygen atoms in total. The predicted octanol–water partition coefficient (Wildman–Crippen LogP) is 4.28. The molecule has 3 unspecified atom stereocenters. The Morgan fingerprint density at radius 2 is 2.05 bits per heavy atom. The molecule has 0 aromatic heterocycles. The molecular formula is C14H18Br2N2O3. The molecule has 21 heavy (non-hydrogen) atoms. The van der Waals surface area contributed by atoms with Crippen LogP contribution in [-0.2, 0) is 0 Å². The van der Waals surface area contributed by atoms with Gasteiger partial charge in [-0.1, -0.05) is 13.8 Å². The number of nitrogens with zero attached hydrogens (tertiary/aromatic N) is 1. The van der Waals surface area contributed by atoms with Gasteiger partial charge >= 0.3 is 0 Å². The Labute approximate surface area is 140 Å². The van der Waals surface area contributed by atoms with Gasteiger partial charge in [0.15, 0.2) is 0 Å². The van der Waals surface area contributed by atoms with E-state index in [0.29, 0.717) is 20.7 Å². The van der Waals surface area contributed by atoms with E-state index in [0.717, 1.165) is 12.8 Å². The van der Waals surface area contributed by atoms with Gasteiger partial charge < -0.3 is 10.1 Å². The molecule has 1 fully saturated rings. The van der Waals surface area contributed by atoms with Crippen molar-refractivity contribution in [3.05, 3.63) is 31.2 Å². The zero-order valence-corrected chi connectivity index (χ0v) is 15.3. The minimum atomic E-state index is -0.421. The zero-order chi connectivity index (χ0) is 15.8. The molecule has 0 saturated heterocycles. The lowest BCUT2D eigenvalue weighted by atomic mass is 9.61. The van der Waals surface area contributed by atoms with Gasteiger partial charge in [-0.15, -0.1) is 0 Å². The van der Waals surface area contributed by atoms with E-state index in [1.54, 1.807) is 0 Å². The number of nitro benzene ring substituents is 1. The second kappa shape index (κ2) is 6.22. The van der Waals surface area contributed by atoms with E-state index in [1.165, 1.54) is 12.1 Å². The summed E-state index contributed by atoms with van der Waals surface area (Å²) >= 11 is 6.73. The highest BCUT2D eigenvalue weighted by Gasteiger charge is 2.51. The molecule has 0 heterocycles. The minimum absolute atomic E-state index is 0.0288. The van der Waals surface area contributed by atoms with Crippen LogP contribution in [0.4, 0.5) is 5.69 Å². The first-order valence-electron chi connectivity index (χ1n) is 6.80. The summed E-state index contributed by atoms with van der Waals surface area (Å²) in [4.78, 5) is 10.4. The smallest absolute Gasteiger partial charge is 0.271 e. The van der Waals surface area contributed by atoms with Crippen LogP contribution in [0.15, 0.2) is 21.1 Å². The molecule has 0 spiro atoms. The lowest BCUT2D eigenvalue weighted by molar-refractivity contribution is -0.385. The Kier molecular flexibility index (Phi) is 4.95. The number of hydrogen-bond acceptors (Lipinski definition) is 4. The zero-order valence-electron chi connectivity index (χ0n) is 12.2. The quantitative estimate of drug-likeness (QED) is 0.569. The molecule has 1 aliphatic rings. The second-order valence-corrected chi connectivity index (χ2v) is 7.25. The third-order valence-corrected chi connectivity index (χ3v) is 5.72. The van der Waals surface area contributed by atoms with Gasteiger partial charge in [0.05, 0.1) is 13.9 Å². The van der Waals surface area contributed by atoms with E-state index in [1.807, 2.05) is 7.05 Å². The van der Waals surface area contributed by atoms with Crippen molar-refractivity contribution >= 4 is 37.5 Å². The van der Waals surface area contributed by atoms with Crippen LogP contribution in [-0.4, -0.2) is 24.1 Å². The van der Waals surface area contributed by atoms with Crippen molar-refractivity contribution in [1.82, 2.24) is 5.32 Å². The fraction of sp³-hybridized carbons (Fsp3) is 0.571. The number of halogens is 2. The molecule has 1 saturated carbocycles. The standard InChI is InChI=1S/C14H18Br2N2O3/c1-4-14(2)11(17-3)7-12(14)21-13-9(15)5-8(18(19)20)6-10(13)16/h5-6,11-12,17H,4,7H2,1-3H3. The first-order chi connectivity index (χ1) is 9.83. The Bertz CT molecular complexity index is 544. The number of nitro groups is 1. The summed E-state index contributed by atoms with van der Waals surface area (Å²) in [6.45, 7) is 4.36. The molecule has 7 heteroatoms. The van der Waals surface area contributed by atoms with Crippen molar-refractivity contribution in [1.29, 1.82) is 0 Å². The summed E-state index contributed by atoms with van der Waals surface area (Å²) in [5, 5.41) is 14.2. The largest absolute Gasteiger partial charge is 0.487 e. The van der Waals surface area contributed by atoms with Crippen molar-refractivity contribution in [2.45, 2.75) is 38.8 Å². The summed E-state index contributed by atoms with van der Waals surface area (Å²) in [5.41, 5.74) is 0.0936. The Morgan fingerprint density at radius 1 is 1.48 bits per heavy atom. The van der Waals surface area contributed by atoms with E-state index < -0.39 is 4.92 Å². The van der Waals surface area contributed by atoms with Gasteiger partial charge in [0.1, 0.15) is 11.9 Å². The molecule has 1 aromatic carbocycles. The first-order valence-corrected chi connectivity index (χ1v) is 8.39. The van der Waals surface area contributed by atoms with Gasteiger partial charge in [-0.05, 0) is 45.3 Å². The number of rotatable bonds is 5. The summed E-state index contributed by atoms with van der Waals surface area (Å²) in [7, 11) is 1.96. The average Bonchev–Trinajstić information content (AvgIpc) is 2.43. The molecule has 2 rings (SSSR count). The normalized spacial score (nSPS) is 28.0. The highest BCUT2D eigenvalue weighted by Crippen LogP contribution is 2.48. The Morgan fingerprint density at radius 3 is 2.48 bits per heavy atom. The van der Waals surface area contributed by atoms with E-state index in [-0.39, 0.29) is 17.2 Å². The first kappa shape index (κ1) is 16.7. The Balaban J connectivity index is 2.23. The second-order valence-electron chi connectivity index (χ2n) is 5.54. The number of hydrogen-bond donors (Lipinski definition) is 1. The van der Waals surface area contributed by atoms with Crippen LogP contribution in [0.25, 0.3) is 0 Å². The molecule has 0 amide bonds. The summed E-state index contributed by atoms with van der Waals surface area (Å²) in [6.07, 6.45) is 2.02. The minimum Gasteiger partial charge on any atom is -0.487 e. The van der Waals surface area contributed by atoms with Gasteiger partial charge in [-0.25, -0.2) is 0 Å². The number of ether oxygens (including phenoxy) is 1. The van der Waals surface area contributed by atoms with E-state index in [9.17, 15) is 10.1 Å². The molecule has 0 aliphatic heterocycles. The molecule has 0 bridgehead atoms. The summed E-state index contributed by atoms with van der Waals surface area (Å²) in [5.74, 6) is 0.625. The van der Waals surface area contributed by atoms with Gasteiger partial charge in [0, 0.05) is 30.0 Å². The fourth-order valence-electron chi connectivity index (χ4n) is 2.83. The van der Waals surface area contributed by atoms with Crippen LogP contribution < -0.4 is 10.1 Å². The highest BCUT2D eigenvalue weighted by atomic mass is 79.9. The van der Waals surface area contributed by atoms with Crippen LogP contribution in [0.1, 0.15) is 26.7 Å². The van der Waals surface area contributed by atoms with Crippen LogP contribution in [0.3, 0.4) is 0 Å². The van der Waals surface area contributed by atoms with Crippen molar-refractivity contribution in [3.8, 4) is 5.75 Å². The maximum absolute atomic E-state index is 10.9. The van der Waals surface area contributed by atoms with Crippen molar-refractivity contribution in [2.75, 3.05) is 7.05 Å². The summed E-state index contributed by atoms with van der Waals surface area (Å²) < 4.78 is 7.31. The lowest BCUT2D eigenvalue weighted by Gasteiger charge is -2.53. The maximum atomic E-state index is 10.9. The number of benzene rings is 1. The maximum Gasteiger partial charge on any atom is 0.271 e. The van der Waals surface area contributed by atoms with Gasteiger partial charge in [-0.3, -0.25) is 10.1 Å². The van der Waals surface area contributed by atoms with Crippen LogP contribution >= 0.6 is 31.9 Å². The van der Waals surface area contributed by atoms with Crippen LogP contribution in [0.2, 0.25) is 0 Å².